The smallest absolute Gasteiger partial charge is 0.170 e. The molecule has 1 aliphatic heterocycles. The highest BCUT2D eigenvalue weighted by molar-refractivity contribution is 5.46. The van der Waals surface area contributed by atoms with Gasteiger partial charge in [-0.25, -0.2) is 9.67 Å². The number of hydrogen-bond donors (Lipinski definition) is 1. The third-order valence-corrected chi connectivity index (χ3v) is 4.70. The molecule has 2 aromatic heterocycles. The van der Waals surface area contributed by atoms with E-state index in [9.17, 15) is 0 Å². The van der Waals surface area contributed by atoms with Crippen LogP contribution >= 0.6 is 0 Å². The predicted octanol–water partition coefficient (Wildman–Crippen LogP) is 1.28. The Morgan fingerprint density at radius 2 is 2.00 bits per heavy atom. The van der Waals surface area contributed by atoms with Crippen molar-refractivity contribution in [3.05, 3.63) is 46.8 Å². The molecule has 0 amide bonds. The number of hydrogen-bond acceptors (Lipinski definition) is 6. The molecule has 4 rings (SSSR count). The van der Waals surface area contributed by atoms with E-state index in [0.29, 0.717) is 12.6 Å². The SMILES string of the molecule is Cc1nc2n(n1)C[C@H](NCc1nnnn1-c1c(C)cccc1C)CC2. The fraction of sp³-hybridized carbons (Fsp3) is 0.471. The topological polar surface area (TPSA) is 86.3 Å². The largest absolute Gasteiger partial charge is 0.305 e. The molecule has 25 heavy (non-hydrogen) atoms. The Morgan fingerprint density at radius 1 is 1.20 bits per heavy atom. The van der Waals surface area contributed by atoms with E-state index in [-0.39, 0.29) is 0 Å². The van der Waals surface area contributed by atoms with Crippen LogP contribution in [0.1, 0.15) is 35.0 Å². The molecule has 0 unspecified atom stereocenters. The maximum atomic E-state index is 4.46. The molecule has 3 aromatic rings. The van der Waals surface area contributed by atoms with E-state index in [4.69, 9.17) is 0 Å². The normalized spacial score (nSPS) is 16.8. The second-order valence-electron chi connectivity index (χ2n) is 6.62. The van der Waals surface area contributed by atoms with E-state index in [1.54, 1.807) is 0 Å². The lowest BCUT2D eigenvalue weighted by atomic mass is 10.1. The van der Waals surface area contributed by atoms with Gasteiger partial charge in [0.1, 0.15) is 11.6 Å². The van der Waals surface area contributed by atoms with Gasteiger partial charge < -0.3 is 5.32 Å². The Morgan fingerprint density at radius 3 is 2.80 bits per heavy atom. The number of aromatic nitrogens is 7. The number of benzene rings is 1. The number of aryl methyl sites for hydroxylation is 4. The summed E-state index contributed by atoms with van der Waals surface area (Å²) in [5.74, 6) is 2.74. The quantitative estimate of drug-likeness (QED) is 0.771. The van der Waals surface area contributed by atoms with E-state index in [2.05, 4.69) is 63.0 Å². The van der Waals surface area contributed by atoms with Gasteiger partial charge in [-0.05, 0) is 48.7 Å². The van der Waals surface area contributed by atoms with E-state index in [0.717, 1.165) is 53.7 Å². The van der Waals surface area contributed by atoms with Crippen molar-refractivity contribution in [2.75, 3.05) is 0 Å². The highest BCUT2D eigenvalue weighted by atomic mass is 15.5. The molecule has 1 atom stereocenters. The fourth-order valence-electron chi connectivity index (χ4n) is 3.47. The average molecular weight is 338 g/mol. The van der Waals surface area contributed by atoms with Gasteiger partial charge in [0.15, 0.2) is 5.82 Å². The van der Waals surface area contributed by atoms with Gasteiger partial charge in [-0.15, -0.1) is 5.10 Å². The van der Waals surface area contributed by atoms with E-state index in [1.165, 1.54) is 0 Å². The van der Waals surface area contributed by atoms with Gasteiger partial charge in [-0.2, -0.15) is 9.78 Å². The molecular weight excluding hydrogens is 316 g/mol. The fourth-order valence-corrected chi connectivity index (χ4v) is 3.47. The summed E-state index contributed by atoms with van der Waals surface area (Å²) in [6.07, 6.45) is 1.99. The van der Waals surface area contributed by atoms with Crippen molar-refractivity contribution in [1.29, 1.82) is 0 Å². The van der Waals surface area contributed by atoms with Crippen LogP contribution in [0.25, 0.3) is 5.69 Å². The Balaban J connectivity index is 1.49. The molecule has 0 spiro atoms. The first-order chi connectivity index (χ1) is 12.1. The standard InChI is InChI=1S/C17H22N8/c1-11-5-4-6-12(2)17(11)25-16(20-22-23-25)9-18-14-7-8-15-19-13(3)21-24(15)10-14/h4-6,14,18H,7-10H2,1-3H3/t14-/m1/s1. The summed E-state index contributed by atoms with van der Waals surface area (Å²) in [4.78, 5) is 4.46. The van der Waals surface area contributed by atoms with Gasteiger partial charge in [0, 0.05) is 12.5 Å². The van der Waals surface area contributed by atoms with Gasteiger partial charge in [0.05, 0.1) is 18.8 Å². The first-order valence-corrected chi connectivity index (χ1v) is 8.59. The zero-order valence-electron chi connectivity index (χ0n) is 14.8. The van der Waals surface area contributed by atoms with Crippen LogP contribution in [0, 0.1) is 20.8 Å². The predicted molar refractivity (Wildman–Crippen MR) is 92.3 cm³/mol. The molecule has 0 saturated heterocycles. The highest BCUT2D eigenvalue weighted by Gasteiger charge is 2.21. The molecule has 1 aromatic carbocycles. The lowest BCUT2D eigenvalue weighted by Crippen LogP contribution is -2.38. The van der Waals surface area contributed by atoms with Crippen molar-refractivity contribution in [3.8, 4) is 5.69 Å². The molecule has 1 aliphatic rings. The van der Waals surface area contributed by atoms with Crippen molar-refractivity contribution < 1.29 is 0 Å². The van der Waals surface area contributed by atoms with Crippen molar-refractivity contribution in [2.45, 2.75) is 52.7 Å². The molecule has 0 fully saturated rings. The Bertz CT molecular complexity index is 874. The van der Waals surface area contributed by atoms with Gasteiger partial charge in [-0.3, -0.25) is 0 Å². The molecule has 0 saturated carbocycles. The molecule has 0 aliphatic carbocycles. The molecule has 0 radical (unpaired) electrons. The molecule has 8 nitrogen and oxygen atoms in total. The van der Waals surface area contributed by atoms with Crippen LogP contribution in [0.5, 0.6) is 0 Å². The zero-order valence-corrected chi connectivity index (χ0v) is 14.8. The minimum absolute atomic E-state index is 0.344. The average Bonchev–Trinajstić information content (AvgIpc) is 3.17. The maximum Gasteiger partial charge on any atom is 0.170 e. The summed E-state index contributed by atoms with van der Waals surface area (Å²) in [6.45, 7) is 7.55. The maximum absolute atomic E-state index is 4.46. The minimum Gasteiger partial charge on any atom is -0.305 e. The lowest BCUT2D eigenvalue weighted by molar-refractivity contribution is 0.354. The van der Waals surface area contributed by atoms with Crippen LogP contribution in [0.4, 0.5) is 0 Å². The summed E-state index contributed by atoms with van der Waals surface area (Å²) >= 11 is 0. The molecule has 130 valence electrons. The summed E-state index contributed by atoms with van der Waals surface area (Å²) in [5.41, 5.74) is 3.38. The number of fused-ring (bicyclic) bond motifs is 1. The Hall–Kier alpha value is -2.61. The lowest BCUT2D eigenvalue weighted by Gasteiger charge is -2.23. The van der Waals surface area contributed by atoms with Crippen molar-refractivity contribution in [3.63, 3.8) is 0 Å². The second-order valence-corrected chi connectivity index (χ2v) is 6.62. The summed E-state index contributed by atoms with van der Waals surface area (Å²) < 4.78 is 3.84. The monoisotopic (exact) mass is 338 g/mol. The molecule has 0 bridgehead atoms. The molecule has 3 heterocycles. The zero-order chi connectivity index (χ0) is 17.4. The Labute approximate surface area is 146 Å². The number of rotatable bonds is 4. The van der Waals surface area contributed by atoms with E-state index < -0.39 is 0 Å². The highest BCUT2D eigenvalue weighted by Crippen LogP contribution is 2.19. The number of nitrogens with one attached hydrogen (secondary N) is 1. The number of nitrogens with zero attached hydrogens (tertiary/aromatic N) is 7. The van der Waals surface area contributed by atoms with Crippen LogP contribution < -0.4 is 5.32 Å². The van der Waals surface area contributed by atoms with E-state index >= 15 is 0 Å². The summed E-state index contributed by atoms with van der Waals surface area (Å²) in [6, 6.07) is 6.56. The second kappa shape index (κ2) is 6.36. The van der Waals surface area contributed by atoms with Gasteiger partial charge in [-0.1, -0.05) is 18.2 Å². The summed E-state index contributed by atoms with van der Waals surface area (Å²) in [5, 5.41) is 20.3. The Kier molecular flexibility index (Phi) is 4.04. The molecule has 8 heteroatoms. The summed E-state index contributed by atoms with van der Waals surface area (Å²) in [7, 11) is 0. The van der Waals surface area contributed by atoms with Gasteiger partial charge in [0.2, 0.25) is 0 Å². The third-order valence-electron chi connectivity index (χ3n) is 4.70. The van der Waals surface area contributed by atoms with E-state index in [1.807, 2.05) is 16.3 Å². The van der Waals surface area contributed by atoms with Crippen LogP contribution in [0.3, 0.4) is 0 Å². The van der Waals surface area contributed by atoms with Gasteiger partial charge >= 0.3 is 0 Å². The third kappa shape index (κ3) is 3.05. The molecule has 1 N–H and O–H groups in total. The number of para-hydroxylation sites is 1. The minimum atomic E-state index is 0.344. The first kappa shape index (κ1) is 15.9. The van der Waals surface area contributed by atoms with Crippen molar-refractivity contribution >= 4 is 0 Å². The van der Waals surface area contributed by atoms with Crippen molar-refractivity contribution in [1.82, 2.24) is 40.3 Å². The van der Waals surface area contributed by atoms with Crippen LogP contribution in [-0.4, -0.2) is 41.0 Å². The van der Waals surface area contributed by atoms with Crippen LogP contribution in [-0.2, 0) is 19.5 Å². The van der Waals surface area contributed by atoms with Crippen LogP contribution in [0.15, 0.2) is 18.2 Å². The van der Waals surface area contributed by atoms with Crippen LogP contribution in [0.2, 0.25) is 0 Å². The number of tetrazole rings is 1. The first-order valence-electron chi connectivity index (χ1n) is 8.59. The van der Waals surface area contributed by atoms with Gasteiger partial charge in [0.25, 0.3) is 0 Å². The molecular formula is C17H22N8. The van der Waals surface area contributed by atoms with Crippen molar-refractivity contribution in [2.24, 2.45) is 0 Å².